The van der Waals surface area contributed by atoms with Gasteiger partial charge in [0.05, 0.1) is 22.9 Å². The first kappa shape index (κ1) is 14.3. The predicted octanol–water partition coefficient (Wildman–Crippen LogP) is 2.62. The molecule has 1 heterocycles. The Morgan fingerprint density at radius 3 is 2.43 bits per heavy atom. The van der Waals surface area contributed by atoms with Gasteiger partial charge in [0.2, 0.25) is 0 Å². The molecule has 7 heteroatoms. The fraction of sp³-hybridized carbons (Fsp3) is 0.0714. The lowest BCUT2D eigenvalue weighted by Crippen LogP contribution is -2.12. The molecule has 21 heavy (non-hydrogen) atoms. The van der Waals surface area contributed by atoms with Crippen molar-refractivity contribution >= 4 is 11.5 Å². The highest BCUT2D eigenvalue weighted by molar-refractivity contribution is 6.02. The molecule has 0 saturated heterocycles. The fourth-order valence-corrected chi connectivity index (χ4v) is 1.73. The van der Waals surface area contributed by atoms with E-state index in [0.717, 1.165) is 12.3 Å². The number of aromatic nitrogens is 1. The molecule has 0 amide bonds. The van der Waals surface area contributed by atoms with Crippen molar-refractivity contribution in [1.29, 1.82) is 5.26 Å². The number of halogens is 1. The van der Waals surface area contributed by atoms with Crippen molar-refractivity contribution in [2.24, 2.45) is 0 Å². The molecular weight excluding hydrogens is 277 g/mol. The number of hydrogen-bond acceptors (Lipinski definition) is 5. The average molecular weight is 285 g/mol. The van der Waals surface area contributed by atoms with Crippen LogP contribution in [0.2, 0.25) is 0 Å². The molecule has 1 aromatic heterocycles. The van der Waals surface area contributed by atoms with Gasteiger partial charge in [-0.1, -0.05) is 0 Å². The zero-order chi connectivity index (χ0) is 15.4. The summed E-state index contributed by atoms with van der Waals surface area (Å²) in [5.74, 6) is -2.31. The molecule has 0 aliphatic carbocycles. The van der Waals surface area contributed by atoms with Crippen LogP contribution in [-0.2, 0) is 0 Å². The molecule has 2 rings (SSSR count). The third-order valence-corrected chi connectivity index (χ3v) is 2.80. The summed E-state index contributed by atoms with van der Waals surface area (Å²) in [6.07, 6.45) is 0.919. The maximum Gasteiger partial charge on any atom is 0.269 e. The molecule has 1 aromatic carbocycles. The Bertz CT molecular complexity index is 721. The van der Waals surface area contributed by atoms with Gasteiger partial charge in [-0.3, -0.25) is 19.9 Å². The molecule has 104 valence electrons. The Kier molecular flexibility index (Phi) is 4.00. The van der Waals surface area contributed by atoms with Crippen molar-refractivity contribution in [2.75, 3.05) is 0 Å². The second kappa shape index (κ2) is 5.88. The van der Waals surface area contributed by atoms with E-state index in [2.05, 4.69) is 4.98 Å². The number of carbonyl (C=O) groups excluding carboxylic acids is 1. The molecule has 0 aliphatic rings. The third-order valence-electron chi connectivity index (χ3n) is 2.80. The highest BCUT2D eigenvalue weighted by Crippen LogP contribution is 2.20. The third kappa shape index (κ3) is 3.06. The summed E-state index contributed by atoms with van der Waals surface area (Å²) in [5.41, 5.74) is 0.125. The topological polar surface area (TPSA) is 96.9 Å². The summed E-state index contributed by atoms with van der Waals surface area (Å²) >= 11 is 0. The summed E-state index contributed by atoms with van der Waals surface area (Å²) in [4.78, 5) is 25.9. The average Bonchev–Trinajstić information content (AvgIpc) is 2.50. The van der Waals surface area contributed by atoms with Crippen molar-refractivity contribution in [3.05, 3.63) is 69.8 Å². The van der Waals surface area contributed by atoms with Crippen LogP contribution in [0.4, 0.5) is 10.1 Å². The van der Waals surface area contributed by atoms with Gasteiger partial charge in [-0.05, 0) is 24.3 Å². The molecule has 1 atom stereocenters. The van der Waals surface area contributed by atoms with E-state index < -0.39 is 22.4 Å². The molecule has 0 bridgehead atoms. The minimum Gasteiger partial charge on any atom is -0.292 e. The largest absolute Gasteiger partial charge is 0.292 e. The Morgan fingerprint density at radius 1 is 1.29 bits per heavy atom. The SMILES string of the molecule is N#CC(C(=O)c1ccc([N+](=O)[O-])cc1)c1ccc(F)cn1. The second-order valence-corrected chi connectivity index (χ2v) is 4.13. The number of pyridine rings is 1. The molecule has 1 unspecified atom stereocenters. The highest BCUT2D eigenvalue weighted by Gasteiger charge is 2.23. The van der Waals surface area contributed by atoms with Gasteiger partial charge in [-0.25, -0.2) is 4.39 Å². The van der Waals surface area contributed by atoms with E-state index in [-0.39, 0.29) is 16.9 Å². The zero-order valence-corrected chi connectivity index (χ0v) is 10.6. The lowest BCUT2D eigenvalue weighted by atomic mass is 9.95. The van der Waals surface area contributed by atoms with Gasteiger partial charge < -0.3 is 0 Å². The molecule has 6 nitrogen and oxygen atoms in total. The lowest BCUT2D eigenvalue weighted by molar-refractivity contribution is -0.384. The number of nitrogens with zero attached hydrogens (tertiary/aromatic N) is 3. The molecule has 0 fully saturated rings. The molecule has 0 aliphatic heterocycles. The summed E-state index contributed by atoms with van der Waals surface area (Å²) < 4.78 is 12.8. The predicted molar refractivity (Wildman–Crippen MR) is 70.0 cm³/mol. The molecule has 2 aromatic rings. The number of ketones is 1. The van der Waals surface area contributed by atoms with Crippen molar-refractivity contribution in [3.63, 3.8) is 0 Å². The van der Waals surface area contributed by atoms with E-state index in [1.807, 2.05) is 0 Å². The van der Waals surface area contributed by atoms with Gasteiger partial charge >= 0.3 is 0 Å². The molecule has 0 spiro atoms. The van der Waals surface area contributed by atoms with E-state index in [0.29, 0.717) is 0 Å². The van der Waals surface area contributed by atoms with Crippen molar-refractivity contribution < 1.29 is 14.1 Å². The second-order valence-electron chi connectivity index (χ2n) is 4.13. The fourth-order valence-electron chi connectivity index (χ4n) is 1.73. The van der Waals surface area contributed by atoms with Gasteiger partial charge in [-0.15, -0.1) is 0 Å². The number of rotatable bonds is 4. The number of hydrogen-bond donors (Lipinski definition) is 0. The van der Waals surface area contributed by atoms with Gasteiger partial charge in [-0.2, -0.15) is 5.26 Å². The Balaban J connectivity index is 2.30. The van der Waals surface area contributed by atoms with E-state index in [9.17, 15) is 19.3 Å². The highest BCUT2D eigenvalue weighted by atomic mass is 19.1. The van der Waals surface area contributed by atoms with Crippen LogP contribution in [0.1, 0.15) is 22.0 Å². The van der Waals surface area contributed by atoms with E-state index in [4.69, 9.17) is 5.26 Å². The van der Waals surface area contributed by atoms with Crippen molar-refractivity contribution in [2.45, 2.75) is 5.92 Å². The van der Waals surface area contributed by atoms with Crippen LogP contribution in [0.3, 0.4) is 0 Å². The van der Waals surface area contributed by atoms with Gasteiger partial charge in [0.25, 0.3) is 5.69 Å². The van der Waals surface area contributed by atoms with Crippen LogP contribution in [0, 0.1) is 27.3 Å². The minimum absolute atomic E-state index is 0.127. The molecular formula is C14H8FN3O3. The normalized spacial score (nSPS) is 11.4. The number of Topliss-reactive ketones (excluding diaryl/α,β-unsaturated/α-hetero) is 1. The van der Waals surface area contributed by atoms with Crippen molar-refractivity contribution in [3.8, 4) is 6.07 Å². The first-order valence-electron chi connectivity index (χ1n) is 5.82. The summed E-state index contributed by atoms with van der Waals surface area (Å²) in [7, 11) is 0. The quantitative estimate of drug-likeness (QED) is 0.488. The maximum absolute atomic E-state index is 12.8. The van der Waals surface area contributed by atoms with Crippen molar-refractivity contribution in [1.82, 2.24) is 4.98 Å². The number of benzene rings is 1. The number of non-ortho nitro benzene ring substituents is 1. The van der Waals surface area contributed by atoms with Gasteiger partial charge in [0.1, 0.15) is 5.82 Å². The molecule has 0 N–H and O–H groups in total. The Morgan fingerprint density at radius 2 is 1.95 bits per heavy atom. The first-order chi connectivity index (χ1) is 10.0. The number of carbonyl (C=O) groups is 1. The number of nitro groups is 1. The first-order valence-corrected chi connectivity index (χ1v) is 5.82. The minimum atomic E-state index is -1.19. The van der Waals surface area contributed by atoms with Crippen LogP contribution in [0.25, 0.3) is 0 Å². The zero-order valence-electron chi connectivity index (χ0n) is 10.6. The van der Waals surface area contributed by atoms with Crippen LogP contribution in [-0.4, -0.2) is 15.7 Å². The lowest BCUT2D eigenvalue weighted by Gasteiger charge is -2.07. The molecule has 0 saturated carbocycles. The monoisotopic (exact) mass is 285 g/mol. The van der Waals surface area contributed by atoms with Gasteiger partial charge in [0.15, 0.2) is 11.7 Å². The number of nitro benzene ring substituents is 1. The van der Waals surface area contributed by atoms with Crippen LogP contribution < -0.4 is 0 Å². The Labute approximate surface area is 118 Å². The summed E-state index contributed by atoms with van der Waals surface area (Å²) in [6, 6.07) is 9.07. The van der Waals surface area contributed by atoms with Crippen LogP contribution >= 0.6 is 0 Å². The summed E-state index contributed by atoms with van der Waals surface area (Å²) in [6.45, 7) is 0. The maximum atomic E-state index is 12.8. The number of nitriles is 1. The smallest absolute Gasteiger partial charge is 0.269 e. The van der Waals surface area contributed by atoms with E-state index in [1.165, 1.54) is 30.3 Å². The van der Waals surface area contributed by atoms with Crippen LogP contribution in [0.15, 0.2) is 42.6 Å². The standard InChI is InChI=1S/C14H8FN3O3/c15-10-3-6-13(17-8-10)12(7-16)14(19)9-1-4-11(5-2-9)18(20)21/h1-6,8,12H. The summed E-state index contributed by atoms with van der Waals surface area (Å²) in [5, 5.41) is 19.7. The van der Waals surface area contributed by atoms with E-state index >= 15 is 0 Å². The van der Waals surface area contributed by atoms with E-state index in [1.54, 1.807) is 6.07 Å². The Hall–Kier alpha value is -3.14. The van der Waals surface area contributed by atoms with Crippen LogP contribution in [0.5, 0.6) is 0 Å². The van der Waals surface area contributed by atoms with Gasteiger partial charge in [0, 0.05) is 17.7 Å². The molecule has 0 radical (unpaired) electrons.